The van der Waals surface area contributed by atoms with Gasteiger partial charge in [0.2, 0.25) is 0 Å². The highest BCUT2D eigenvalue weighted by Crippen LogP contribution is 2.33. The second-order valence-corrected chi connectivity index (χ2v) is 3.37. The van der Waals surface area contributed by atoms with Gasteiger partial charge in [0, 0.05) is 0 Å². The Labute approximate surface area is 79.1 Å². The van der Waals surface area contributed by atoms with E-state index in [1.54, 1.807) is 0 Å². The summed E-state index contributed by atoms with van der Waals surface area (Å²) in [6.07, 6.45) is 2.14. The third-order valence-corrected chi connectivity index (χ3v) is 2.57. The maximum atomic E-state index is 9.30. The van der Waals surface area contributed by atoms with Crippen LogP contribution in [0, 0.1) is 0 Å². The van der Waals surface area contributed by atoms with Crippen LogP contribution in [0.1, 0.15) is 0 Å². The van der Waals surface area contributed by atoms with E-state index in [1.165, 1.54) is 0 Å². The van der Waals surface area contributed by atoms with Crippen molar-refractivity contribution in [3.8, 4) is 0 Å². The van der Waals surface area contributed by atoms with E-state index in [2.05, 4.69) is 0 Å². The lowest BCUT2D eigenvalue weighted by Gasteiger charge is -2.30. The van der Waals surface area contributed by atoms with Gasteiger partial charge in [-0.2, -0.15) is 0 Å². The highest BCUT2D eigenvalue weighted by molar-refractivity contribution is 6.40. The van der Waals surface area contributed by atoms with Crippen molar-refractivity contribution in [1.29, 1.82) is 0 Å². The molecule has 0 fully saturated rings. The highest BCUT2D eigenvalue weighted by atomic mass is 35.5. The average Bonchev–Trinajstić information content (AvgIpc) is 1.96. The van der Waals surface area contributed by atoms with Gasteiger partial charge in [0.05, 0.1) is 10.1 Å². The van der Waals surface area contributed by atoms with Crippen molar-refractivity contribution in [3.63, 3.8) is 0 Å². The normalized spacial score (nSPS) is 42.2. The molecule has 68 valence electrons. The smallest absolute Gasteiger partial charge is 0.171 e. The van der Waals surface area contributed by atoms with E-state index in [1.807, 2.05) is 0 Å². The number of rotatable bonds is 0. The highest BCUT2D eigenvalue weighted by Gasteiger charge is 2.37. The fourth-order valence-electron chi connectivity index (χ4n) is 0.752. The molecule has 0 aromatic carbocycles. The van der Waals surface area contributed by atoms with Crippen LogP contribution in [0.3, 0.4) is 0 Å². The molecule has 2 unspecified atom stereocenters. The molecule has 0 amide bonds. The summed E-state index contributed by atoms with van der Waals surface area (Å²) in [4.78, 5) is 0. The van der Waals surface area contributed by atoms with Gasteiger partial charge in [-0.1, -0.05) is 23.2 Å². The van der Waals surface area contributed by atoms with Gasteiger partial charge in [-0.15, -0.1) is 0 Å². The largest absolute Gasteiger partial charge is 0.367 e. The predicted molar refractivity (Wildman–Crippen MR) is 46.1 cm³/mol. The summed E-state index contributed by atoms with van der Waals surface area (Å²) < 4.78 is 0. The van der Waals surface area contributed by atoms with Crippen molar-refractivity contribution in [1.82, 2.24) is 0 Å². The molecule has 0 heterocycles. The van der Waals surface area contributed by atoms with Crippen LogP contribution in [0.15, 0.2) is 22.2 Å². The molecule has 0 aliphatic heterocycles. The van der Waals surface area contributed by atoms with E-state index in [0.29, 0.717) is 0 Å². The van der Waals surface area contributed by atoms with Gasteiger partial charge in [-0.25, -0.2) is 0 Å². The minimum absolute atomic E-state index is 0.281. The topological polar surface area (TPSA) is 92.5 Å². The first-order chi connectivity index (χ1) is 5.27. The summed E-state index contributed by atoms with van der Waals surface area (Å²) in [6.45, 7) is 0. The van der Waals surface area contributed by atoms with Crippen LogP contribution in [-0.4, -0.2) is 21.7 Å². The standard InChI is InChI=1S/C6H8Cl2N2O2/c7-3-4(8)6(10,12)2-1-5(3,9)11/h1-2,11-12H,9-10H2. The number of hydrogen-bond donors (Lipinski definition) is 4. The first-order valence-corrected chi connectivity index (χ1v) is 3.82. The van der Waals surface area contributed by atoms with Crippen molar-refractivity contribution in [2.75, 3.05) is 0 Å². The van der Waals surface area contributed by atoms with Gasteiger partial charge >= 0.3 is 0 Å². The predicted octanol–water partition coefficient (Wildman–Crippen LogP) is -0.460. The van der Waals surface area contributed by atoms with Crippen molar-refractivity contribution in [2.24, 2.45) is 11.5 Å². The van der Waals surface area contributed by atoms with Gasteiger partial charge in [-0.3, -0.25) is 11.5 Å². The van der Waals surface area contributed by atoms with Crippen LogP contribution in [0.5, 0.6) is 0 Å². The molecule has 1 aliphatic rings. The maximum Gasteiger partial charge on any atom is 0.171 e. The molecular weight excluding hydrogens is 203 g/mol. The van der Waals surface area contributed by atoms with Gasteiger partial charge in [0.25, 0.3) is 0 Å². The zero-order valence-electron chi connectivity index (χ0n) is 5.96. The number of aliphatic hydroxyl groups is 2. The Morgan fingerprint density at radius 1 is 1.00 bits per heavy atom. The van der Waals surface area contributed by atoms with Gasteiger partial charge in [0.15, 0.2) is 11.4 Å². The molecule has 0 saturated heterocycles. The molecule has 12 heavy (non-hydrogen) atoms. The second-order valence-electron chi connectivity index (χ2n) is 2.61. The first kappa shape index (κ1) is 9.98. The number of nitrogens with two attached hydrogens (primary N) is 2. The van der Waals surface area contributed by atoms with Crippen molar-refractivity contribution < 1.29 is 10.2 Å². The van der Waals surface area contributed by atoms with E-state index in [0.717, 1.165) is 12.2 Å². The molecule has 1 aliphatic carbocycles. The van der Waals surface area contributed by atoms with Crippen LogP contribution < -0.4 is 11.5 Å². The van der Waals surface area contributed by atoms with Crippen LogP contribution in [0.2, 0.25) is 0 Å². The summed E-state index contributed by atoms with van der Waals surface area (Å²) in [5, 5.41) is 18.0. The summed E-state index contributed by atoms with van der Waals surface area (Å²) in [5.41, 5.74) is 6.84. The Hall–Kier alpha value is -0.100. The fraction of sp³-hybridized carbons (Fsp3) is 0.333. The Balaban J connectivity index is 3.18. The Morgan fingerprint density at radius 2 is 1.25 bits per heavy atom. The SMILES string of the molecule is NC1(O)C=CC(N)(O)C(Cl)=C1Cl. The average molecular weight is 211 g/mol. The zero-order valence-corrected chi connectivity index (χ0v) is 7.47. The van der Waals surface area contributed by atoms with E-state index < -0.39 is 11.4 Å². The fourth-order valence-corrected chi connectivity index (χ4v) is 1.18. The molecule has 1 rings (SSSR count). The number of hydrogen-bond acceptors (Lipinski definition) is 4. The lowest BCUT2D eigenvalue weighted by molar-refractivity contribution is 0.107. The van der Waals surface area contributed by atoms with Crippen LogP contribution in [0.25, 0.3) is 0 Å². The molecular formula is C6H8Cl2N2O2. The van der Waals surface area contributed by atoms with Crippen molar-refractivity contribution in [3.05, 3.63) is 22.2 Å². The van der Waals surface area contributed by atoms with Crippen LogP contribution in [-0.2, 0) is 0 Å². The second kappa shape index (κ2) is 2.70. The van der Waals surface area contributed by atoms with E-state index in [9.17, 15) is 10.2 Å². The Kier molecular flexibility index (Phi) is 2.24. The summed E-state index contributed by atoms with van der Waals surface area (Å²) in [6, 6.07) is 0. The third-order valence-electron chi connectivity index (χ3n) is 1.49. The van der Waals surface area contributed by atoms with E-state index in [-0.39, 0.29) is 10.1 Å². The Morgan fingerprint density at radius 3 is 1.50 bits per heavy atom. The van der Waals surface area contributed by atoms with Crippen LogP contribution >= 0.6 is 23.2 Å². The number of halogens is 2. The molecule has 0 radical (unpaired) electrons. The van der Waals surface area contributed by atoms with E-state index >= 15 is 0 Å². The molecule has 6 N–H and O–H groups in total. The molecule has 0 saturated carbocycles. The molecule has 0 aromatic rings. The molecule has 0 bridgehead atoms. The summed E-state index contributed by atoms with van der Waals surface area (Å²) in [5.74, 6) is 0. The Bertz CT molecular complexity index is 245. The quantitative estimate of drug-likeness (QED) is 0.322. The van der Waals surface area contributed by atoms with E-state index in [4.69, 9.17) is 34.7 Å². The first-order valence-electron chi connectivity index (χ1n) is 3.06. The zero-order chi connectivity index (χ0) is 9.57. The lowest BCUT2D eigenvalue weighted by Crippen LogP contribution is -2.48. The van der Waals surface area contributed by atoms with Gasteiger partial charge in [-0.05, 0) is 12.2 Å². The summed E-state index contributed by atoms with van der Waals surface area (Å²) >= 11 is 11.0. The van der Waals surface area contributed by atoms with Crippen molar-refractivity contribution >= 4 is 23.2 Å². The minimum atomic E-state index is -1.84. The monoisotopic (exact) mass is 210 g/mol. The summed E-state index contributed by atoms with van der Waals surface area (Å²) in [7, 11) is 0. The molecule has 0 aromatic heterocycles. The molecule has 6 heteroatoms. The van der Waals surface area contributed by atoms with Gasteiger partial charge in [0.1, 0.15) is 0 Å². The maximum absolute atomic E-state index is 9.30. The third kappa shape index (κ3) is 1.50. The molecule has 0 spiro atoms. The van der Waals surface area contributed by atoms with Crippen molar-refractivity contribution in [2.45, 2.75) is 11.4 Å². The molecule has 2 atom stereocenters. The van der Waals surface area contributed by atoms with Gasteiger partial charge < -0.3 is 10.2 Å². The molecule has 4 nitrogen and oxygen atoms in total. The minimum Gasteiger partial charge on any atom is -0.367 e. The van der Waals surface area contributed by atoms with Crippen LogP contribution in [0.4, 0.5) is 0 Å². The lowest BCUT2D eigenvalue weighted by atomic mass is 10.0.